The Hall–Kier alpha value is -1.28. The maximum absolute atomic E-state index is 12.6. The van der Waals surface area contributed by atoms with Gasteiger partial charge in [-0.05, 0) is 36.7 Å². The molecular formula is C11H11ClF3NO3S. The van der Waals surface area contributed by atoms with E-state index in [4.69, 9.17) is 11.6 Å². The van der Waals surface area contributed by atoms with Gasteiger partial charge in [0.15, 0.2) is 0 Å². The topological polar surface area (TPSA) is 54.5 Å². The fourth-order valence-electron chi connectivity index (χ4n) is 1.46. The summed E-state index contributed by atoms with van der Waals surface area (Å²) < 4.78 is 62.1. The molecule has 9 heteroatoms. The van der Waals surface area contributed by atoms with Gasteiger partial charge in [0.2, 0.25) is 15.3 Å². The number of sulfonamides is 1. The van der Waals surface area contributed by atoms with Gasteiger partial charge >= 0.3 is 6.18 Å². The van der Waals surface area contributed by atoms with Gasteiger partial charge in [-0.25, -0.2) is 8.42 Å². The Morgan fingerprint density at radius 2 is 1.95 bits per heavy atom. The lowest BCUT2D eigenvalue weighted by molar-refractivity contribution is -0.137. The van der Waals surface area contributed by atoms with Gasteiger partial charge in [-0.3, -0.25) is 9.10 Å². The maximum Gasteiger partial charge on any atom is 0.416 e. The molecule has 0 heterocycles. The van der Waals surface area contributed by atoms with Crippen molar-refractivity contribution >= 4 is 32.6 Å². The predicted molar refractivity (Wildman–Crippen MR) is 69.1 cm³/mol. The van der Waals surface area contributed by atoms with Gasteiger partial charge in [0.25, 0.3) is 0 Å². The minimum absolute atomic E-state index is 0.254. The number of anilines is 1. The smallest absolute Gasteiger partial charge is 0.279 e. The molecule has 0 bridgehead atoms. The van der Waals surface area contributed by atoms with Crippen LogP contribution in [0, 0.1) is 0 Å². The van der Waals surface area contributed by atoms with E-state index in [1.54, 1.807) is 0 Å². The standard InChI is InChI=1S/C11H11ClF3NO3S/c1-2-20(18,19)16(7-10(12)17)9-5-3-4-8(6-9)11(13,14)15/h3-6H,2,7H2,1H3. The normalized spacial score (nSPS) is 12.2. The first-order chi connectivity index (χ1) is 9.08. The molecule has 0 aliphatic rings. The predicted octanol–water partition coefficient (Wildman–Crippen LogP) is 2.63. The molecule has 0 amide bonds. The summed E-state index contributed by atoms with van der Waals surface area (Å²) in [5.41, 5.74) is -1.26. The van der Waals surface area contributed by atoms with Crippen LogP contribution in [0.3, 0.4) is 0 Å². The number of hydrogen-bond donors (Lipinski definition) is 0. The van der Waals surface area contributed by atoms with E-state index in [2.05, 4.69) is 0 Å². The number of nitrogens with zero attached hydrogens (tertiary/aromatic N) is 1. The van der Waals surface area contributed by atoms with E-state index in [-0.39, 0.29) is 11.4 Å². The van der Waals surface area contributed by atoms with Crippen molar-refractivity contribution in [1.29, 1.82) is 0 Å². The molecule has 1 rings (SSSR count). The maximum atomic E-state index is 12.6. The van der Waals surface area contributed by atoms with Gasteiger partial charge in [0, 0.05) is 0 Å². The molecule has 0 atom stereocenters. The van der Waals surface area contributed by atoms with Gasteiger partial charge in [-0.2, -0.15) is 13.2 Å². The Kier molecular flexibility index (Phi) is 5.04. The van der Waals surface area contributed by atoms with Crippen molar-refractivity contribution in [3.05, 3.63) is 29.8 Å². The number of halogens is 4. The molecule has 0 radical (unpaired) electrons. The molecule has 20 heavy (non-hydrogen) atoms. The van der Waals surface area contributed by atoms with Crippen molar-refractivity contribution in [1.82, 2.24) is 0 Å². The SMILES string of the molecule is CCS(=O)(=O)N(CC(=O)Cl)c1cccc(C(F)(F)F)c1. The van der Waals surface area contributed by atoms with Gasteiger partial charge in [-0.15, -0.1) is 0 Å². The molecule has 0 saturated heterocycles. The fraction of sp³-hybridized carbons (Fsp3) is 0.364. The molecule has 0 aromatic heterocycles. The first-order valence-electron chi connectivity index (χ1n) is 5.44. The highest BCUT2D eigenvalue weighted by molar-refractivity contribution is 7.92. The van der Waals surface area contributed by atoms with Crippen LogP contribution in [0.5, 0.6) is 0 Å². The summed E-state index contributed by atoms with van der Waals surface area (Å²) in [4.78, 5) is 10.9. The van der Waals surface area contributed by atoms with Crippen molar-refractivity contribution in [2.45, 2.75) is 13.1 Å². The van der Waals surface area contributed by atoms with E-state index in [1.807, 2.05) is 0 Å². The van der Waals surface area contributed by atoms with Crippen LogP contribution in [0.4, 0.5) is 18.9 Å². The summed E-state index contributed by atoms with van der Waals surface area (Å²) in [7, 11) is -3.91. The van der Waals surface area contributed by atoms with Gasteiger partial charge in [0.05, 0.1) is 17.0 Å². The van der Waals surface area contributed by atoms with Gasteiger partial charge in [-0.1, -0.05) is 6.07 Å². The first-order valence-corrected chi connectivity index (χ1v) is 7.42. The molecule has 1 aromatic carbocycles. The Labute approximate surface area is 119 Å². The fourth-order valence-corrected chi connectivity index (χ4v) is 2.71. The lowest BCUT2D eigenvalue weighted by Crippen LogP contribution is -2.35. The van der Waals surface area contributed by atoms with E-state index in [0.717, 1.165) is 12.1 Å². The average Bonchev–Trinajstić information content (AvgIpc) is 2.34. The molecule has 4 nitrogen and oxygen atoms in total. The van der Waals surface area contributed by atoms with E-state index in [9.17, 15) is 26.4 Å². The minimum Gasteiger partial charge on any atom is -0.279 e. The summed E-state index contributed by atoms with van der Waals surface area (Å²) >= 11 is 5.15. The highest BCUT2D eigenvalue weighted by Gasteiger charge is 2.32. The van der Waals surface area contributed by atoms with Gasteiger partial charge in [0.1, 0.15) is 6.54 Å². The number of carbonyl (C=O) groups is 1. The van der Waals surface area contributed by atoms with Crippen LogP contribution in [0.1, 0.15) is 12.5 Å². The van der Waals surface area contributed by atoms with E-state index in [0.29, 0.717) is 10.4 Å². The van der Waals surface area contributed by atoms with E-state index < -0.39 is 33.6 Å². The van der Waals surface area contributed by atoms with Crippen LogP contribution in [-0.2, 0) is 21.0 Å². The van der Waals surface area contributed by atoms with Crippen molar-refractivity contribution in [2.75, 3.05) is 16.6 Å². The van der Waals surface area contributed by atoms with Crippen LogP contribution in [0.2, 0.25) is 0 Å². The molecule has 1 aromatic rings. The van der Waals surface area contributed by atoms with Crippen LogP contribution in [0.25, 0.3) is 0 Å². The number of benzene rings is 1. The summed E-state index contributed by atoms with van der Waals surface area (Å²) in [5.74, 6) is -0.368. The minimum atomic E-state index is -4.61. The molecule has 112 valence electrons. The lowest BCUT2D eigenvalue weighted by Gasteiger charge is -2.22. The Balaban J connectivity index is 3.32. The van der Waals surface area contributed by atoms with Gasteiger partial charge < -0.3 is 0 Å². The summed E-state index contributed by atoms with van der Waals surface area (Å²) in [6.07, 6.45) is -4.61. The monoisotopic (exact) mass is 329 g/mol. The van der Waals surface area contributed by atoms with Crippen molar-refractivity contribution in [2.24, 2.45) is 0 Å². The first kappa shape index (κ1) is 16.8. The van der Waals surface area contributed by atoms with Crippen LogP contribution < -0.4 is 4.31 Å². The molecule has 0 aliphatic carbocycles. The second-order valence-corrected chi connectivity index (χ2v) is 6.41. The molecule has 0 spiro atoms. The average molecular weight is 330 g/mol. The van der Waals surface area contributed by atoms with E-state index in [1.165, 1.54) is 13.0 Å². The van der Waals surface area contributed by atoms with Crippen molar-refractivity contribution in [3.63, 3.8) is 0 Å². The molecule has 0 N–H and O–H groups in total. The molecule has 0 fully saturated rings. The van der Waals surface area contributed by atoms with Crippen LogP contribution in [-0.4, -0.2) is 26.0 Å². The quantitative estimate of drug-likeness (QED) is 0.780. The molecule has 0 unspecified atom stereocenters. The Bertz CT molecular complexity index is 601. The second-order valence-electron chi connectivity index (χ2n) is 3.81. The molecule has 0 aliphatic heterocycles. The highest BCUT2D eigenvalue weighted by atomic mass is 35.5. The number of alkyl halides is 3. The van der Waals surface area contributed by atoms with Crippen LogP contribution in [0.15, 0.2) is 24.3 Å². The largest absolute Gasteiger partial charge is 0.416 e. The number of rotatable bonds is 5. The Morgan fingerprint density at radius 1 is 1.35 bits per heavy atom. The third kappa shape index (κ3) is 4.11. The number of hydrogen-bond acceptors (Lipinski definition) is 3. The molecule has 0 saturated carbocycles. The van der Waals surface area contributed by atoms with Crippen LogP contribution >= 0.6 is 11.6 Å². The van der Waals surface area contributed by atoms with E-state index >= 15 is 0 Å². The highest BCUT2D eigenvalue weighted by Crippen LogP contribution is 2.32. The molecular weight excluding hydrogens is 319 g/mol. The zero-order chi connectivity index (χ0) is 15.6. The summed E-state index contributed by atoms with van der Waals surface area (Å²) in [5, 5.41) is -0.987. The summed E-state index contributed by atoms with van der Waals surface area (Å²) in [6.45, 7) is 0.591. The lowest BCUT2D eigenvalue weighted by atomic mass is 10.2. The third-order valence-electron chi connectivity index (χ3n) is 2.43. The second kappa shape index (κ2) is 6.01. The summed E-state index contributed by atoms with van der Waals surface area (Å²) in [6, 6.07) is 3.70. The third-order valence-corrected chi connectivity index (χ3v) is 4.29. The van der Waals surface area contributed by atoms with Crippen molar-refractivity contribution < 1.29 is 26.4 Å². The zero-order valence-electron chi connectivity index (χ0n) is 10.3. The Morgan fingerprint density at radius 3 is 2.40 bits per heavy atom. The number of carbonyl (C=O) groups excluding carboxylic acids is 1. The zero-order valence-corrected chi connectivity index (χ0v) is 11.9. The van der Waals surface area contributed by atoms with Crippen molar-refractivity contribution in [3.8, 4) is 0 Å².